The van der Waals surface area contributed by atoms with E-state index in [1.807, 2.05) is 25.1 Å². The zero-order chi connectivity index (χ0) is 12.2. The molecule has 0 aliphatic heterocycles. The van der Waals surface area contributed by atoms with Gasteiger partial charge in [-0.25, -0.2) is 0 Å². The summed E-state index contributed by atoms with van der Waals surface area (Å²) < 4.78 is 0. The smallest absolute Gasteiger partial charge is 0.0858 e. The molecule has 2 heteroatoms. The topological polar surface area (TPSA) is 46.2 Å². The van der Waals surface area contributed by atoms with Crippen LogP contribution in [0.25, 0.3) is 0 Å². The van der Waals surface area contributed by atoms with Crippen LogP contribution in [0.2, 0.25) is 0 Å². The summed E-state index contributed by atoms with van der Waals surface area (Å²) in [6.07, 6.45) is 1.35. The molecule has 0 aliphatic rings. The van der Waals surface area contributed by atoms with Crippen molar-refractivity contribution in [3.63, 3.8) is 0 Å². The number of hydrogen-bond acceptors (Lipinski definition) is 2. The molecule has 0 radical (unpaired) electrons. The van der Waals surface area contributed by atoms with Gasteiger partial charge in [-0.1, -0.05) is 45.0 Å². The van der Waals surface area contributed by atoms with Crippen LogP contribution in [-0.4, -0.2) is 11.7 Å². The first kappa shape index (κ1) is 13.2. The summed E-state index contributed by atoms with van der Waals surface area (Å²) in [6, 6.07) is 8.07. The van der Waals surface area contributed by atoms with E-state index in [1.54, 1.807) is 0 Å². The third-order valence-corrected chi connectivity index (χ3v) is 3.66. The number of aryl methyl sites for hydroxylation is 1. The van der Waals surface area contributed by atoms with Crippen LogP contribution in [0.4, 0.5) is 0 Å². The van der Waals surface area contributed by atoms with Crippen LogP contribution in [0.3, 0.4) is 0 Å². The highest BCUT2D eigenvalue weighted by Crippen LogP contribution is 2.37. The van der Waals surface area contributed by atoms with E-state index < -0.39 is 6.10 Å². The lowest BCUT2D eigenvalue weighted by Gasteiger charge is -2.33. The Kier molecular flexibility index (Phi) is 4.51. The lowest BCUT2D eigenvalue weighted by Crippen LogP contribution is -2.33. The molecule has 0 bridgehead atoms. The van der Waals surface area contributed by atoms with Gasteiger partial charge in [0.1, 0.15) is 0 Å². The Labute approximate surface area is 98.5 Å². The number of benzene rings is 1. The summed E-state index contributed by atoms with van der Waals surface area (Å²) in [4.78, 5) is 0. The van der Waals surface area contributed by atoms with Crippen molar-refractivity contribution >= 4 is 0 Å². The summed E-state index contributed by atoms with van der Waals surface area (Å²) in [7, 11) is 0. The maximum absolute atomic E-state index is 10.5. The second-order valence-corrected chi connectivity index (χ2v) is 4.67. The highest BCUT2D eigenvalue weighted by molar-refractivity contribution is 5.30. The van der Waals surface area contributed by atoms with Crippen LogP contribution in [0, 0.1) is 5.41 Å². The monoisotopic (exact) mass is 221 g/mol. The number of nitrogens with two attached hydrogens (primary N) is 1. The fourth-order valence-corrected chi connectivity index (χ4v) is 1.95. The van der Waals surface area contributed by atoms with Gasteiger partial charge >= 0.3 is 0 Å². The summed E-state index contributed by atoms with van der Waals surface area (Å²) in [5.74, 6) is 0. The lowest BCUT2D eigenvalue weighted by molar-refractivity contribution is 0.0385. The largest absolute Gasteiger partial charge is 0.388 e. The quantitative estimate of drug-likeness (QED) is 0.803. The minimum atomic E-state index is -0.473. The van der Waals surface area contributed by atoms with Gasteiger partial charge in [-0.15, -0.1) is 0 Å². The summed E-state index contributed by atoms with van der Waals surface area (Å²) >= 11 is 0. The highest BCUT2D eigenvalue weighted by atomic mass is 16.3. The van der Waals surface area contributed by atoms with Crippen LogP contribution in [0.1, 0.15) is 44.4 Å². The number of rotatable bonds is 5. The Balaban J connectivity index is 3.08. The fourth-order valence-electron chi connectivity index (χ4n) is 1.95. The van der Waals surface area contributed by atoms with Gasteiger partial charge in [0, 0.05) is 12.0 Å². The van der Waals surface area contributed by atoms with E-state index in [2.05, 4.69) is 19.9 Å². The average Bonchev–Trinajstić information content (AvgIpc) is 2.36. The molecule has 2 atom stereocenters. The van der Waals surface area contributed by atoms with E-state index in [4.69, 9.17) is 5.73 Å². The number of aliphatic hydroxyl groups excluding tert-OH is 1. The summed E-state index contributed by atoms with van der Waals surface area (Å²) in [6.45, 7) is 6.73. The van der Waals surface area contributed by atoms with E-state index in [1.165, 1.54) is 5.56 Å². The van der Waals surface area contributed by atoms with Crippen molar-refractivity contribution in [2.24, 2.45) is 11.1 Å². The van der Waals surface area contributed by atoms with Crippen molar-refractivity contribution < 1.29 is 5.11 Å². The third kappa shape index (κ3) is 2.45. The molecule has 0 saturated heterocycles. The SMILES string of the molecule is CCc1ccccc1C(O)C(C)(CC)CN. The Hall–Kier alpha value is -0.860. The van der Waals surface area contributed by atoms with E-state index in [0.29, 0.717) is 6.54 Å². The van der Waals surface area contributed by atoms with Crippen molar-refractivity contribution in [1.29, 1.82) is 0 Å². The van der Waals surface area contributed by atoms with Gasteiger partial charge in [-0.05, 0) is 24.0 Å². The Morgan fingerprint density at radius 1 is 1.31 bits per heavy atom. The molecular weight excluding hydrogens is 198 g/mol. The van der Waals surface area contributed by atoms with Crippen molar-refractivity contribution in [2.75, 3.05) is 6.54 Å². The van der Waals surface area contributed by atoms with E-state index >= 15 is 0 Å². The minimum Gasteiger partial charge on any atom is -0.388 e. The fraction of sp³-hybridized carbons (Fsp3) is 0.571. The molecule has 2 unspecified atom stereocenters. The second kappa shape index (κ2) is 5.46. The number of hydrogen-bond donors (Lipinski definition) is 2. The Bertz CT molecular complexity index is 331. The zero-order valence-corrected chi connectivity index (χ0v) is 10.5. The molecule has 0 amide bonds. The molecule has 3 N–H and O–H groups in total. The molecule has 0 fully saturated rings. The first-order valence-corrected chi connectivity index (χ1v) is 6.05. The molecule has 90 valence electrons. The Morgan fingerprint density at radius 3 is 2.44 bits per heavy atom. The van der Waals surface area contributed by atoms with Crippen LogP contribution in [-0.2, 0) is 6.42 Å². The predicted octanol–water partition coefficient (Wildman–Crippen LogP) is 2.66. The number of aliphatic hydroxyl groups is 1. The molecule has 0 spiro atoms. The van der Waals surface area contributed by atoms with Gasteiger partial charge in [0.25, 0.3) is 0 Å². The van der Waals surface area contributed by atoms with Crippen LogP contribution < -0.4 is 5.73 Å². The van der Waals surface area contributed by atoms with E-state index in [9.17, 15) is 5.11 Å². The summed E-state index contributed by atoms with van der Waals surface area (Å²) in [5, 5.41) is 10.5. The molecule has 0 aliphatic carbocycles. The predicted molar refractivity (Wildman–Crippen MR) is 68.2 cm³/mol. The van der Waals surface area contributed by atoms with Crippen LogP contribution in [0.15, 0.2) is 24.3 Å². The summed E-state index contributed by atoms with van der Waals surface area (Å²) in [5.41, 5.74) is 7.80. The van der Waals surface area contributed by atoms with Gasteiger partial charge in [-0.3, -0.25) is 0 Å². The van der Waals surface area contributed by atoms with Gasteiger partial charge in [-0.2, -0.15) is 0 Å². The lowest BCUT2D eigenvalue weighted by atomic mass is 9.77. The molecule has 0 heterocycles. The molecule has 2 nitrogen and oxygen atoms in total. The first-order chi connectivity index (χ1) is 7.59. The van der Waals surface area contributed by atoms with E-state index in [-0.39, 0.29) is 5.41 Å². The van der Waals surface area contributed by atoms with Crippen molar-refractivity contribution in [2.45, 2.75) is 39.7 Å². The van der Waals surface area contributed by atoms with Crippen molar-refractivity contribution in [1.82, 2.24) is 0 Å². The van der Waals surface area contributed by atoms with Gasteiger partial charge in [0.05, 0.1) is 6.10 Å². The maximum Gasteiger partial charge on any atom is 0.0858 e. The van der Waals surface area contributed by atoms with Crippen molar-refractivity contribution in [3.05, 3.63) is 35.4 Å². The molecule has 16 heavy (non-hydrogen) atoms. The van der Waals surface area contributed by atoms with Crippen molar-refractivity contribution in [3.8, 4) is 0 Å². The second-order valence-electron chi connectivity index (χ2n) is 4.67. The van der Waals surface area contributed by atoms with Gasteiger partial charge in [0.2, 0.25) is 0 Å². The van der Waals surface area contributed by atoms with Crippen LogP contribution >= 0.6 is 0 Å². The molecular formula is C14H23NO. The third-order valence-electron chi connectivity index (χ3n) is 3.66. The molecule has 1 aromatic carbocycles. The van der Waals surface area contributed by atoms with Crippen LogP contribution in [0.5, 0.6) is 0 Å². The molecule has 0 saturated carbocycles. The van der Waals surface area contributed by atoms with Gasteiger partial charge < -0.3 is 10.8 Å². The molecule has 1 aromatic rings. The maximum atomic E-state index is 10.5. The molecule has 1 rings (SSSR count). The zero-order valence-electron chi connectivity index (χ0n) is 10.5. The normalized spacial score (nSPS) is 16.8. The first-order valence-electron chi connectivity index (χ1n) is 6.05. The minimum absolute atomic E-state index is 0.231. The van der Waals surface area contributed by atoms with Gasteiger partial charge in [0.15, 0.2) is 0 Å². The molecule has 0 aromatic heterocycles. The average molecular weight is 221 g/mol. The van der Waals surface area contributed by atoms with E-state index in [0.717, 1.165) is 18.4 Å². The standard InChI is InChI=1S/C14H23NO/c1-4-11-8-6-7-9-12(11)13(16)14(3,5-2)10-15/h6-9,13,16H,4-5,10,15H2,1-3H3. The Morgan fingerprint density at radius 2 is 1.94 bits per heavy atom. The highest BCUT2D eigenvalue weighted by Gasteiger charge is 2.31.